The van der Waals surface area contributed by atoms with E-state index < -0.39 is 16.6 Å². The van der Waals surface area contributed by atoms with Gasteiger partial charge in [-0.1, -0.05) is 18.2 Å². The fraction of sp³-hybridized carbons (Fsp3) is 0.385. The Labute approximate surface area is 111 Å². The molecule has 0 fully saturated rings. The molecule has 0 amide bonds. The van der Waals surface area contributed by atoms with E-state index in [9.17, 15) is 9.59 Å². The zero-order chi connectivity index (χ0) is 14.0. The number of rotatable bonds is 4. The van der Waals surface area contributed by atoms with Crippen LogP contribution < -0.4 is 15.1 Å². The molecular formula is C13H22O3Si2. The van der Waals surface area contributed by atoms with Crippen molar-refractivity contribution < 1.29 is 14.3 Å². The highest BCUT2D eigenvalue weighted by molar-refractivity contribution is 6.86. The third-order valence-corrected chi connectivity index (χ3v) is 6.11. The van der Waals surface area contributed by atoms with Gasteiger partial charge in [-0.05, 0) is 44.4 Å². The maximum atomic E-state index is 10.3. The molecule has 0 spiro atoms. The van der Waals surface area contributed by atoms with Crippen LogP contribution in [0.2, 0.25) is 26.2 Å². The van der Waals surface area contributed by atoms with Crippen molar-refractivity contribution in [2.75, 3.05) is 0 Å². The minimum absolute atomic E-state index is 0.675. The molecular weight excluding hydrogens is 260 g/mol. The lowest BCUT2D eigenvalue weighted by molar-refractivity contribution is 0.480. The predicted octanol–water partition coefficient (Wildman–Crippen LogP) is 1.41. The van der Waals surface area contributed by atoms with Gasteiger partial charge in [-0.15, -0.1) is 0 Å². The normalized spacial score (nSPS) is 13.1. The van der Waals surface area contributed by atoms with Crippen LogP contribution in [-0.2, 0) is 0 Å². The fourth-order valence-corrected chi connectivity index (χ4v) is 4.02. The Morgan fingerprint density at radius 1 is 1.06 bits per heavy atom. The van der Waals surface area contributed by atoms with Crippen LogP contribution in [0.15, 0.2) is 30.5 Å². The average molecular weight is 282 g/mol. The van der Waals surface area contributed by atoms with Crippen molar-refractivity contribution in [1.29, 1.82) is 0 Å². The highest BCUT2D eigenvalue weighted by Gasteiger charge is 2.28. The maximum Gasteiger partial charge on any atom is 0.217 e. The molecule has 0 aliphatic heterocycles. The Morgan fingerprint density at radius 2 is 1.67 bits per heavy atom. The van der Waals surface area contributed by atoms with E-state index in [1.165, 1.54) is 0 Å². The van der Waals surface area contributed by atoms with Gasteiger partial charge in [0.2, 0.25) is 16.6 Å². The van der Waals surface area contributed by atoms with Crippen LogP contribution in [0.3, 0.4) is 0 Å². The van der Waals surface area contributed by atoms with Gasteiger partial charge in [0.15, 0.2) is 0 Å². The van der Waals surface area contributed by atoms with Crippen molar-refractivity contribution in [1.82, 2.24) is 0 Å². The van der Waals surface area contributed by atoms with Crippen molar-refractivity contribution >= 4 is 27.0 Å². The molecule has 0 saturated heterocycles. The summed E-state index contributed by atoms with van der Waals surface area (Å²) in [5, 5.41) is 1.74. The van der Waals surface area contributed by atoms with Crippen LogP contribution in [-0.4, -0.2) is 26.2 Å². The van der Waals surface area contributed by atoms with Gasteiger partial charge in [0.05, 0.1) is 6.26 Å². The topological polar surface area (TPSA) is 49.7 Å². The first-order valence-corrected chi connectivity index (χ1v) is 11.9. The van der Waals surface area contributed by atoms with Crippen molar-refractivity contribution in [2.24, 2.45) is 0 Å². The third kappa shape index (κ3) is 3.81. The van der Waals surface area contributed by atoms with Gasteiger partial charge >= 0.3 is 0 Å². The van der Waals surface area contributed by atoms with Gasteiger partial charge < -0.3 is 14.3 Å². The highest BCUT2D eigenvalue weighted by atomic mass is 28.4. The summed E-state index contributed by atoms with van der Waals surface area (Å²) in [6, 6.07) is 5.62. The number of ether oxygens (including phenoxy) is 1. The SMILES string of the molecule is CC=COc1ccc([Si](C)(C)O)cc1[Si](C)(C)O. The molecule has 0 radical (unpaired) electrons. The number of hydrogen-bond donors (Lipinski definition) is 2. The molecule has 1 aromatic rings. The molecule has 0 aliphatic rings. The summed E-state index contributed by atoms with van der Waals surface area (Å²) in [7, 11) is -4.85. The summed E-state index contributed by atoms with van der Waals surface area (Å²) in [5.41, 5.74) is 0. The van der Waals surface area contributed by atoms with Crippen LogP contribution in [0.1, 0.15) is 6.92 Å². The first-order chi connectivity index (χ1) is 8.16. The van der Waals surface area contributed by atoms with Crippen LogP contribution in [0.5, 0.6) is 5.75 Å². The first kappa shape index (κ1) is 15.2. The molecule has 100 valence electrons. The summed E-state index contributed by atoms with van der Waals surface area (Å²) >= 11 is 0. The van der Waals surface area contributed by atoms with E-state index in [0.29, 0.717) is 5.75 Å². The maximum absolute atomic E-state index is 10.3. The number of benzene rings is 1. The molecule has 2 N–H and O–H groups in total. The van der Waals surface area contributed by atoms with Crippen LogP contribution >= 0.6 is 0 Å². The molecule has 0 heterocycles. The Morgan fingerprint density at radius 3 is 2.11 bits per heavy atom. The summed E-state index contributed by atoms with van der Waals surface area (Å²) in [6.45, 7) is 9.30. The quantitative estimate of drug-likeness (QED) is 0.648. The minimum Gasteiger partial charge on any atom is -0.465 e. The second kappa shape index (κ2) is 5.40. The summed E-state index contributed by atoms with van der Waals surface area (Å²) in [4.78, 5) is 20.5. The zero-order valence-electron chi connectivity index (χ0n) is 11.7. The molecule has 0 unspecified atom stereocenters. The van der Waals surface area contributed by atoms with E-state index >= 15 is 0 Å². The predicted molar refractivity (Wildman–Crippen MR) is 80.6 cm³/mol. The van der Waals surface area contributed by atoms with Crippen LogP contribution in [0.25, 0.3) is 0 Å². The largest absolute Gasteiger partial charge is 0.465 e. The van der Waals surface area contributed by atoms with Gasteiger partial charge in [-0.3, -0.25) is 0 Å². The van der Waals surface area contributed by atoms with Crippen molar-refractivity contribution in [3.63, 3.8) is 0 Å². The summed E-state index contributed by atoms with van der Waals surface area (Å²) in [5.74, 6) is 0.675. The molecule has 1 rings (SSSR count). The summed E-state index contributed by atoms with van der Waals surface area (Å²) < 4.78 is 5.51. The molecule has 18 heavy (non-hydrogen) atoms. The Kier molecular flexibility index (Phi) is 4.55. The van der Waals surface area contributed by atoms with Gasteiger partial charge in [0, 0.05) is 5.19 Å². The van der Waals surface area contributed by atoms with Gasteiger partial charge in [0.25, 0.3) is 0 Å². The summed E-state index contributed by atoms with van der Waals surface area (Å²) in [6.07, 6.45) is 3.40. The monoisotopic (exact) mass is 282 g/mol. The molecule has 0 bridgehead atoms. The first-order valence-electron chi connectivity index (χ1n) is 6.04. The standard InChI is InChI=1S/C13H22O3Si2/c1-6-9-16-12-8-7-11(17(2,3)14)10-13(12)18(4,5)15/h6-10,14-15H,1-5H3. The van der Waals surface area contributed by atoms with E-state index in [1.807, 2.05) is 51.3 Å². The van der Waals surface area contributed by atoms with E-state index in [2.05, 4.69) is 0 Å². The number of hydrogen-bond acceptors (Lipinski definition) is 3. The average Bonchev–Trinajstić information content (AvgIpc) is 2.23. The molecule has 1 aromatic carbocycles. The second-order valence-electron chi connectivity index (χ2n) is 5.42. The Bertz CT molecular complexity index is 443. The molecule has 0 aliphatic carbocycles. The highest BCUT2D eigenvalue weighted by Crippen LogP contribution is 2.13. The van der Waals surface area contributed by atoms with Crippen molar-refractivity contribution in [3.05, 3.63) is 30.5 Å². The van der Waals surface area contributed by atoms with Crippen LogP contribution in [0, 0.1) is 0 Å². The van der Waals surface area contributed by atoms with Gasteiger partial charge in [-0.2, -0.15) is 0 Å². The lowest BCUT2D eigenvalue weighted by Crippen LogP contribution is -2.48. The smallest absolute Gasteiger partial charge is 0.217 e. The minimum atomic E-state index is -2.49. The van der Waals surface area contributed by atoms with E-state index in [0.717, 1.165) is 10.4 Å². The lowest BCUT2D eigenvalue weighted by Gasteiger charge is -2.22. The molecule has 0 atom stereocenters. The number of allylic oxidation sites excluding steroid dienone is 1. The molecule has 5 heteroatoms. The van der Waals surface area contributed by atoms with E-state index in [4.69, 9.17) is 4.74 Å². The zero-order valence-corrected chi connectivity index (χ0v) is 13.7. The second-order valence-corrected chi connectivity index (χ2v) is 12.8. The van der Waals surface area contributed by atoms with E-state index in [-0.39, 0.29) is 0 Å². The molecule has 0 aromatic heterocycles. The molecule has 0 saturated carbocycles. The Balaban J connectivity index is 3.30. The van der Waals surface area contributed by atoms with E-state index in [1.54, 1.807) is 12.3 Å². The molecule has 3 nitrogen and oxygen atoms in total. The van der Waals surface area contributed by atoms with Gasteiger partial charge in [-0.25, -0.2) is 0 Å². The Hall–Kier alpha value is -0.886. The van der Waals surface area contributed by atoms with Crippen LogP contribution in [0.4, 0.5) is 0 Å². The lowest BCUT2D eigenvalue weighted by atomic mass is 10.3. The van der Waals surface area contributed by atoms with Crippen molar-refractivity contribution in [3.8, 4) is 5.75 Å². The van der Waals surface area contributed by atoms with Gasteiger partial charge in [0.1, 0.15) is 5.75 Å². The third-order valence-electron chi connectivity index (χ3n) is 2.68. The fourth-order valence-electron chi connectivity index (χ4n) is 1.63. The van der Waals surface area contributed by atoms with Crippen molar-refractivity contribution in [2.45, 2.75) is 33.1 Å².